The molecule has 1 unspecified atom stereocenters. The van der Waals surface area contributed by atoms with E-state index in [-0.39, 0.29) is 5.56 Å². The zero-order valence-corrected chi connectivity index (χ0v) is 10.2. The molecule has 0 saturated carbocycles. The van der Waals surface area contributed by atoms with Crippen molar-refractivity contribution in [1.29, 1.82) is 0 Å². The number of rotatable bonds is 4. The molecule has 0 bridgehead atoms. The molecule has 0 radical (unpaired) electrons. The SMILES string of the molecule is CCC1CCCCN1Cc1cc(C(=O)O)co1. The van der Waals surface area contributed by atoms with Crippen molar-refractivity contribution in [1.82, 2.24) is 4.90 Å². The lowest BCUT2D eigenvalue weighted by molar-refractivity contribution is 0.0696. The normalized spacial score (nSPS) is 21.6. The average molecular weight is 237 g/mol. The number of nitrogens with zero attached hydrogens (tertiary/aromatic N) is 1. The Morgan fingerprint density at radius 1 is 1.59 bits per heavy atom. The van der Waals surface area contributed by atoms with Gasteiger partial charge < -0.3 is 9.52 Å². The highest BCUT2D eigenvalue weighted by molar-refractivity contribution is 5.87. The molecule has 1 aromatic heterocycles. The summed E-state index contributed by atoms with van der Waals surface area (Å²) in [5.41, 5.74) is 0.241. The number of likely N-dealkylation sites (tertiary alicyclic amines) is 1. The topological polar surface area (TPSA) is 53.7 Å². The highest BCUT2D eigenvalue weighted by Gasteiger charge is 2.22. The lowest BCUT2D eigenvalue weighted by atomic mass is 10.00. The lowest BCUT2D eigenvalue weighted by Gasteiger charge is -2.34. The Labute approximate surface area is 101 Å². The number of carboxylic acid groups (broad SMARTS) is 1. The molecule has 1 atom stereocenters. The Morgan fingerprint density at radius 3 is 3.06 bits per heavy atom. The van der Waals surface area contributed by atoms with Gasteiger partial charge in [-0.3, -0.25) is 4.90 Å². The van der Waals surface area contributed by atoms with Gasteiger partial charge in [-0.1, -0.05) is 13.3 Å². The number of carboxylic acids is 1. The van der Waals surface area contributed by atoms with Gasteiger partial charge >= 0.3 is 5.97 Å². The smallest absolute Gasteiger partial charge is 0.338 e. The van der Waals surface area contributed by atoms with E-state index in [4.69, 9.17) is 9.52 Å². The van der Waals surface area contributed by atoms with Crippen LogP contribution >= 0.6 is 0 Å². The van der Waals surface area contributed by atoms with Crippen LogP contribution in [0.2, 0.25) is 0 Å². The minimum absolute atomic E-state index is 0.241. The molecule has 4 heteroatoms. The van der Waals surface area contributed by atoms with Crippen molar-refractivity contribution in [3.8, 4) is 0 Å². The van der Waals surface area contributed by atoms with Gasteiger partial charge in [0.1, 0.15) is 12.0 Å². The highest BCUT2D eigenvalue weighted by Crippen LogP contribution is 2.22. The van der Waals surface area contributed by atoms with Gasteiger partial charge in [-0.15, -0.1) is 0 Å². The van der Waals surface area contributed by atoms with Crippen molar-refractivity contribution >= 4 is 5.97 Å². The molecular weight excluding hydrogens is 218 g/mol. The zero-order valence-electron chi connectivity index (χ0n) is 10.2. The first-order valence-electron chi connectivity index (χ1n) is 6.25. The summed E-state index contributed by atoms with van der Waals surface area (Å²) < 4.78 is 5.30. The predicted molar refractivity (Wildman–Crippen MR) is 64.0 cm³/mol. The van der Waals surface area contributed by atoms with Crippen LogP contribution < -0.4 is 0 Å². The van der Waals surface area contributed by atoms with Crippen molar-refractivity contribution in [2.45, 2.75) is 45.2 Å². The van der Waals surface area contributed by atoms with E-state index in [1.807, 2.05) is 0 Å². The summed E-state index contributed by atoms with van der Waals surface area (Å²) in [6.45, 7) is 4.02. The number of hydrogen-bond donors (Lipinski definition) is 1. The Morgan fingerprint density at radius 2 is 2.41 bits per heavy atom. The first-order chi connectivity index (χ1) is 8.20. The fraction of sp³-hybridized carbons (Fsp3) is 0.615. The summed E-state index contributed by atoms with van der Waals surface area (Å²) in [6, 6.07) is 2.24. The molecule has 2 heterocycles. The van der Waals surface area contributed by atoms with E-state index in [0.717, 1.165) is 25.3 Å². The van der Waals surface area contributed by atoms with Crippen molar-refractivity contribution < 1.29 is 14.3 Å². The van der Waals surface area contributed by atoms with Gasteiger partial charge in [-0.25, -0.2) is 4.79 Å². The minimum Gasteiger partial charge on any atom is -0.478 e. The van der Waals surface area contributed by atoms with Gasteiger partial charge in [-0.05, 0) is 31.9 Å². The van der Waals surface area contributed by atoms with Gasteiger partial charge in [0, 0.05) is 6.04 Å². The van der Waals surface area contributed by atoms with Gasteiger partial charge in [0.2, 0.25) is 0 Å². The summed E-state index contributed by atoms with van der Waals surface area (Å²) in [5.74, 6) is -0.173. The fourth-order valence-corrected chi connectivity index (χ4v) is 2.51. The highest BCUT2D eigenvalue weighted by atomic mass is 16.4. The van der Waals surface area contributed by atoms with Crippen molar-refractivity contribution in [3.05, 3.63) is 23.7 Å². The molecule has 17 heavy (non-hydrogen) atoms. The molecule has 1 fully saturated rings. The van der Waals surface area contributed by atoms with Crippen molar-refractivity contribution in [3.63, 3.8) is 0 Å². The number of hydrogen-bond acceptors (Lipinski definition) is 3. The predicted octanol–water partition coefficient (Wildman–Crippen LogP) is 2.74. The van der Waals surface area contributed by atoms with Crippen LogP contribution in [-0.2, 0) is 6.54 Å². The quantitative estimate of drug-likeness (QED) is 0.874. The molecule has 1 saturated heterocycles. The molecule has 1 aliphatic heterocycles. The molecule has 1 aliphatic rings. The van der Waals surface area contributed by atoms with E-state index in [9.17, 15) is 4.79 Å². The summed E-state index contributed by atoms with van der Waals surface area (Å²) >= 11 is 0. The van der Waals surface area contributed by atoms with Crippen LogP contribution in [0.25, 0.3) is 0 Å². The van der Waals surface area contributed by atoms with E-state index in [2.05, 4.69) is 11.8 Å². The summed E-state index contributed by atoms with van der Waals surface area (Å²) in [4.78, 5) is 13.2. The molecule has 1 N–H and O–H groups in total. The summed E-state index contributed by atoms with van der Waals surface area (Å²) in [6.07, 6.45) is 6.23. The Hall–Kier alpha value is -1.29. The molecule has 0 amide bonds. The van der Waals surface area contributed by atoms with Crippen LogP contribution in [0.15, 0.2) is 16.7 Å². The Balaban J connectivity index is 2.00. The second-order valence-corrected chi connectivity index (χ2v) is 4.64. The third kappa shape index (κ3) is 2.88. The third-order valence-electron chi connectivity index (χ3n) is 3.48. The second kappa shape index (κ2) is 5.36. The number of carbonyl (C=O) groups is 1. The van der Waals surface area contributed by atoms with Crippen molar-refractivity contribution in [2.75, 3.05) is 6.54 Å². The molecule has 0 aliphatic carbocycles. The molecule has 1 aromatic rings. The van der Waals surface area contributed by atoms with Gasteiger partial charge in [0.25, 0.3) is 0 Å². The minimum atomic E-state index is -0.925. The first kappa shape index (κ1) is 12.2. The maximum atomic E-state index is 10.8. The summed E-state index contributed by atoms with van der Waals surface area (Å²) in [5, 5.41) is 8.83. The second-order valence-electron chi connectivity index (χ2n) is 4.64. The molecule has 2 rings (SSSR count). The average Bonchev–Trinajstić information content (AvgIpc) is 2.78. The van der Waals surface area contributed by atoms with Gasteiger partial charge in [-0.2, -0.15) is 0 Å². The monoisotopic (exact) mass is 237 g/mol. The number of aromatic carboxylic acids is 1. The maximum absolute atomic E-state index is 10.8. The number of piperidine rings is 1. The van der Waals surface area contributed by atoms with Crippen molar-refractivity contribution in [2.24, 2.45) is 0 Å². The van der Waals surface area contributed by atoms with Crippen LogP contribution in [0, 0.1) is 0 Å². The molecule has 0 spiro atoms. The Bertz CT molecular complexity index is 386. The Kier molecular flexibility index (Phi) is 3.84. The third-order valence-corrected chi connectivity index (χ3v) is 3.48. The summed E-state index contributed by atoms with van der Waals surface area (Å²) in [7, 11) is 0. The van der Waals surface area contributed by atoms with Crippen LogP contribution in [0.4, 0.5) is 0 Å². The lowest BCUT2D eigenvalue weighted by Crippen LogP contribution is -2.38. The molecular formula is C13H19NO3. The van der Waals surface area contributed by atoms with Gasteiger partial charge in [0.05, 0.1) is 12.1 Å². The van der Waals surface area contributed by atoms with E-state index >= 15 is 0 Å². The first-order valence-corrected chi connectivity index (χ1v) is 6.25. The van der Waals surface area contributed by atoms with E-state index in [1.165, 1.54) is 25.5 Å². The molecule has 4 nitrogen and oxygen atoms in total. The maximum Gasteiger partial charge on any atom is 0.338 e. The van der Waals surface area contributed by atoms with Crippen LogP contribution in [0.3, 0.4) is 0 Å². The zero-order chi connectivity index (χ0) is 12.3. The standard InChI is InChI=1S/C13H19NO3/c1-2-11-5-3-4-6-14(11)8-12-7-10(9-17-12)13(15)16/h7,9,11H,2-6,8H2,1H3,(H,15,16). The largest absolute Gasteiger partial charge is 0.478 e. The molecule has 94 valence electrons. The van der Waals surface area contributed by atoms with Crippen LogP contribution in [0.1, 0.15) is 48.7 Å². The van der Waals surface area contributed by atoms with Gasteiger partial charge in [0.15, 0.2) is 0 Å². The van der Waals surface area contributed by atoms with E-state index < -0.39 is 5.97 Å². The fourth-order valence-electron chi connectivity index (χ4n) is 2.51. The van der Waals surface area contributed by atoms with Crippen LogP contribution in [0.5, 0.6) is 0 Å². The number of furan rings is 1. The van der Waals surface area contributed by atoms with E-state index in [1.54, 1.807) is 6.07 Å². The van der Waals surface area contributed by atoms with E-state index in [0.29, 0.717) is 6.04 Å². The molecule has 0 aromatic carbocycles. The van der Waals surface area contributed by atoms with Crippen LogP contribution in [-0.4, -0.2) is 28.6 Å².